The van der Waals surface area contributed by atoms with Crippen molar-refractivity contribution < 1.29 is 19.4 Å². The van der Waals surface area contributed by atoms with Crippen molar-refractivity contribution in [1.29, 1.82) is 0 Å². The van der Waals surface area contributed by atoms with E-state index in [9.17, 15) is 9.59 Å². The second kappa shape index (κ2) is 5.58. The molecule has 1 aromatic rings. The zero-order valence-electron chi connectivity index (χ0n) is 10.5. The summed E-state index contributed by atoms with van der Waals surface area (Å²) in [6.07, 6.45) is 1.47. The first-order valence-corrected chi connectivity index (χ1v) is 5.29. The van der Waals surface area contributed by atoms with Crippen LogP contribution in [0.3, 0.4) is 0 Å². The normalized spacial score (nSPS) is 11.3. The quantitative estimate of drug-likeness (QED) is 0.704. The fourth-order valence-electron chi connectivity index (χ4n) is 1.11. The summed E-state index contributed by atoms with van der Waals surface area (Å²) in [6, 6.07) is 0. The van der Waals surface area contributed by atoms with Gasteiger partial charge in [0.25, 0.3) is 5.91 Å². The number of methoxy groups -OCH3 is 1. The van der Waals surface area contributed by atoms with Crippen LogP contribution in [0.4, 0.5) is 0 Å². The number of carbonyl (C=O) groups is 2. The summed E-state index contributed by atoms with van der Waals surface area (Å²) in [5.74, 6) is -1.28. The maximum atomic E-state index is 11.7. The average Bonchev–Trinajstić information content (AvgIpc) is 2.72. The lowest BCUT2D eigenvalue weighted by atomic mass is 10.1. The third-order valence-corrected chi connectivity index (χ3v) is 2.37. The van der Waals surface area contributed by atoms with Gasteiger partial charge in [0.05, 0.1) is 12.7 Å². The highest BCUT2D eigenvalue weighted by Crippen LogP contribution is 2.07. The maximum Gasteiger partial charge on any atom is 0.325 e. The highest BCUT2D eigenvalue weighted by atomic mass is 16.5. The van der Waals surface area contributed by atoms with E-state index in [1.807, 2.05) is 0 Å². The predicted octanol–water partition coefficient (Wildman–Crippen LogP) is -0.596. The van der Waals surface area contributed by atoms with Crippen LogP contribution in [0.15, 0.2) is 6.20 Å². The lowest BCUT2D eigenvalue weighted by Crippen LogP contribution is -2.43. The molecule has 8 heteroatoms. The molecule has 0 aliphatic carbocycles. The molecular weight excluding hydrogens is 240 g/mol. The molecule has 0 unspecified atom stereocenters. The van der Waals surface area contributed by atoms with Crippen LogP contribution < -0.4 is 5.32 Å². The first-order valence-electron chi connectivity index (χ1n) is 5.29. The van der Waals surface area contributed by atoms with Crippen molar-refractivity contribution in [3.05, 3.63) is 11.9 Å². The maximum absolute atomic E-state index is 11.7. The molecule has 1 heterocycles. The zero-order chi connectivity index (χ0) is 13.8. The molecule has 0 saturated heterocycles. The Labute approximate surface area is 104 Å². The number of carboxylic acid groups (broad SMARTS) is 1. The van der Waals surface area contributed by atoms with Gasteiger partial charge in [-0.2, -0.15) is 0 Å². The van der Waals surface area contributed by atoms with E-state index < -0.39 is 11.6 Å². The lowest BCUT2D eigenvalue weighted by Gasteiger charge is -2.21. The Morgan fingerprint density at radius 3 is 2.78 bits per heavy atom. The minimum absolute atomic E-state index is 0.172. The van der Waals surface area contributed by atoms with Crippen LogP contribution in [0.2, 0.25) is 0 Å². The lowest BCUT2D eigenvalue weighted by molar-refractivity contribution is -0.140. The summed E-state index contributed by atoms with van der Waals surface area (Å²) in [7, 11) is 1.45. The molecule has 0 saturated carbocycles. The molecule has 1 amide bonds. The molecule has 0 aliphatic rings. The van der Waals surface area contributed by atoms with E-state index in [0.717, 1.165) is 0 Å². The predicted molar refractivity (Wildman–Crippen MR) is 60.6 cm³/mol. The Balaban J connectivity index is 2.51. The Morgan fingerprint density at radius 1 is 1.56 bits per heavy atom. The summed E-state index contributed by atoms with van der Waals surface area (Å²) in [5.41, 5.74) is -0.437. The molecule has 18 heavy (non-hydrogen) atoms. The zero-order valence-corrected chi connectivity index (χ0v) is 10.5. The van der Waals surface area contributed by atoms with Crippen molar-refractivity contribution in [2.75, 3.05) is 7.11 Å². The standard InChI is InChI=1S/C10H16N4O4/c1-10(2,18-3)9(17)11-4-7-5-14(13-12-7)6-8(15)16/h5H,4,6H2,1-3H3,(H,11,17)(H,15,16). The molecule has 1 aromatic heterocycles. The Bertz CT molecular complexity index is 441. The Hall–Kier alpha value is -1.96. The largest absolute Gasteiger partial charge is 0.480 e. The molecule has 1 rings (SSSR count). The summed E-state index contributed by atoms with van der Waals surface area (Å²) in [4.78, 5) is 22.1. The van der Waals surface area contributed by atoms with Crippen LogP contribution in [0.25, 0.3) is 0 Å². The summed E-state index contributed by atoms with van der Waals surface area (Å²) in [6.45, 7) is 3.20. The van der Waals surface area contributed by atoms with Crippen LogP contribution in [-0.4, -0.2) is 44.7 Å². The van der Waals surface area contributed by atoms with E-state index in [2.05, 4.69) is 15.6 Å². The molecule has 8 nitrogen and oxygen atoms in total. The van der Waals surface area contributed by atoms with E-state index in [4.69, 9.17) is 9.84 Å². The van der Waals surface area contributed by atoms with E-state index in [0.29, 0.717) is 5.69 Å². The number of carbonyl (C=O) groups excluding carboxylic acids is 1. The van der Waals surface area contributed by atoms with Crippen LogP contribution in [0, 0.1) is 0 Å². The van der Waals surface area contributed by atoms with E-state index >= 15 is 0 Å². The third kappa shape index (κ3) is 3.81. The van der Waals surface area contributed by atoms with Crippen LogP contribution in [0.5, 0.6) is 0 Å². The third-order valence-electron chi connectivity index (χ3n) is 2.37. The summed E-state index contributed by atoms with van der Waals surface area (Å²) >= 11 is 0. The highest BCUT2D eigenvalue weighted by molar-refractivity contribution is 5.84. The van der Waals surface area contributed by atoms with E-state index in [1.54, 1.807) is 13.8 Å². The number of nitrogens with zero attached hydrogens (tertiary/aromatic N) is 3. The summed E-state index contributed by atoms with van der Waals surface area (Å²) < 4.78 is 6.20. The van der Waals surface area contributed by atoms with Gasteiger partial charge in [0, 0.05) is 7.11 Å². The smallest absolute Gasteiger partial charge is 0.325 e. The molecule has 2 N–H and O–H groups in total. The number of carboxylic acids is 1. The van der Waals surface area contributed by atoms with Gasteiger partial charge < -0.3 is 15.2 Å². The number of hydrogen-bond acceptors (Lipinski definition) is 5. The van der Waals surface area contributed by atoms with Crippen molar-refractivity contribution in [3.63, 3.8) is 0 Å². The highest BCUT2D eigenvalue weighted by Gasteiger charge is 2.26. The van der Waals surface area contributed by atoms with Crippen LogP contribution in [0.1, 0.15) is 19.5 Å². The Morgan fingerprint density at radius 2 is 2.22 bits per heavy atom. The van der Waals surface area contributed by atoms with Crippen molar-refractivity contribution in [2.45, 2.75) is 32.5 Å². The number of hydrogen-bond donors (Lipinski definition) is 2. The van der Waals surface area contributed by atoms with E-state index in [-0.39, 0.29) is 19.0 Å². The van der Waals surface area contributed by atoms with Crippen molar-refractivity contribution in [1.82, 2.24) is 20.3 Å². The number of rotatable bonds is 6. The summed E-state index contributed by atoms with van der Waals surface area (Å²) in [5, 5.41) is 18.6. The second-order valence-corrected chi connectivity index (χ2v) is 4.20. The van der Waals surface area contributed by atoms with Gasteiger partial charge in [-0.3, -0.25) is 9.59 Å². The van der Waals surface area contributed by atoms with E-state index in [1.165, 1.54) is 18.0 Å². The molecule has 100 valence electrons. The number of aromatic nitrogens is 3. The van der Waals surface area contributed by atoms with Gasteiger partial charge in [-0.15, -0.1) is 5.10 Å². The van der Waals surface area contributed by atoms with Crippen LogP contribution in [-0.2, 0) is 27.4 Å². The molecule has 0 aliphatic heterocycles. The van der Waals surface area contributed by atoms with Gasteiger partial charge in [0.15, 0.2) is 0 Å². The molecule has 0 fully saturated rings. The minimum Gasteiger partial charge on any atom is -0.480 e. The monoisotopic (exact) mass is 256 g/mol. The molecule has 0 atom stereocenters. The van der Waals surface area contributed by atoms with Crippen molar-refractivity contribution >= 4 is 11.9 Å². The minimum atomic E-state index is -1.00. The number of ether oxygens (including phenoxy) is 1. The first-order chi connectivity index (χ1) is 8.35. The SMILES string of the molecule is COC(C)(C)C(=O)NCc1cn(CC(=O)O)nn1. The molecule has 0 aromatic carbocycles. The van der Waals surface area contributed by atoms with Gasteiger partial charge in [0.1, 0.15) is 17.8 Å². The molecule has 0 spiro atoms. The topological polar surface area (TPSA) is 106 Å². The van der Waals surface area contributed by atoms with Gasteiger partial charge in [-0.1, -0.05) is 5.21 Å². The van der Waals surface area contributed by atoms with Crippen molar-refractivity contribution in [3.8, 4) is 0 Å². The molecule has 0 bridgehead atoms. The number of nitrogens with one attached hydrogen (secondary N) is 1. The van der Waals surface area contributed by atoms with Gasteiger partial charge in [0.2, 0.25) is 0 Å². The van der Waals surface area contributed by atoms with Crippen molar-refractivity contribution in [2.24, 2.45) is 0 Å². The van der Waals surface area contributed by atoms with Gasteiger partial charge in [-0.05, 0) is 13.8 Å². The first kappa shape index (κ1) is 14.1. The Kier molecular flexibility index (Phi) is 4.38. The molecular formula is C10H16N4O4. The van der Waals surface area contributed by atoms with Crippen LogP contribution >= 0.6 is 0 Å². The second-order valence-electron chi connectivity index (χ2n) is 4.20. The fourth-order valence-corrected chi connectivity index (χ4v) is 1.11. The fraction of sp³-hybridized carbons (Fsp3) is 0.600. The van der Waals surface area contributed by atoms with Gasteiger partial charge >= 0.3 is 5.97 Å². The molecule has 0 radical (unpaired) electrons. The van der Waals surface area contributed by atoms with Gasteiger partial charge in [-0.25, -0.2) is 4.68 Å². The number of aliphatic carboxylic acids is 1. The average molecular weight is 256 g/mol. The number of amides is 1.